The Labute approximate surface area is 173 Å². The molecule has 0 spiro atoms. The number of amides is 2. The second-order valence-corrected chi connectivity index (χ2v) is 8.59. The first-order valence-corrected chi connectivity index (χ1v) is 10.7. The summed E-state index contributed by atoms with van der Waals surface area (Å²) in [5.41, 5.74) is 2.98. The van der Waals surface area contributed by atoms with Crippen molar-refractivity contribution < 1.29 is 24.3 Å². The fourth-order valence-electron chi connectivity index (χ4n) is 3.56. The summed E-state index contributed by atoms with van der Waals surface area (Å²) in [5, 5.41) is 13.4. The summed E-state index contributed by atoms with van der Waals surface area (Å²) in [6.45, 7) is 10.1. The smallest absolute Gasteiger partial charge is 0.304 e. The highest BCUT2D eigenvalue weighted by Gasteiger charge is 2.37. The number of nitrogens with zero attached hydrogens (tertiary/aromatic N) is 1. The van der Waals surface area contributed by atoms with Gasteiger partial charge >= 0.3 is 5.97 Å². The number of carbonyl (C=O) groups excluding carboxylic acids is 3. The molecule has 0 aliphatic carbocycles. The second kappa shape index (κ2) is 11.9. The summed E-state index contributed by atoms with van der Waals surface area (Å²) in [6.07, 6.45) is 2.43. The lowest BCUT2D eigenvalue weighted by atomic mass is 9.93. The predicted molar refractivity (Wildman–Crippen MR) is 110 cm³/mol. The van der Waals surface area contributed by atoms with Crippen LogP contribution in [0.1, 0.15) is 73.1 Å². The summed E-state index contributed by atoms with van der Waals surface area (Å²) in [4.78, 5) is 49.5. The van der Waals surface area contributed by atoms with E-state index in [1.165, 1.54) is 5.01 Å². The first kappa shape index (κ1) is 25.1. The summed E-state index contributed by atoms with van der Waals surface area (Å²) < 4.78 is 0. The Balaban J connectivity index is 2.97. The number of carbonyl (C=O) groups is 4. The number of rotatable bonds is 11. The van der Waals surface area contributed by atoms with Crippen molar-refractivity contribution in [3.05, 3.63) is 0 Å². The Bertz CT molecular complexity index is 591. The minimum atomic E-state index is -1.03. The van der Waals surface area contributed by atoms with Crippen molar-refractivity contribution in [1.29, 1.82) is 0 Å². The molecule has 0 aromatic heterocycles. The second-order valence-electron chi connectivity index (χ2n) is 8.59. The molecule has 1 aliphatic heterocycles. The lowest BCUT2D eigenvalue weighted by Crippen LogP contribution is -2.61. The number of carboxylic acid groups (broad SMARTS) is 1. The maximum atomic E-state index is 13.1. The van der Waals surface area contributed by atoms with Gasteiger partial charge in [0.05, 0.1) is 12.5 Å². The Morgan fingerprint density at radius 3 is 2.31 bits per heavy atom. The predicted octanol–water partition coefficient (Wildman–Crippen LogP) is 2.13. The Morgan fingerprint density at radius 2 is 1.79 bits per heavy atom. The zero-order valence-electron chi connectivity index (χ0n) is 18.4. The number of ketones is 1. The van der Waals surface area contributed by atoms with Gasteiger partial charge in [-0.05, 0) is 31.1 Å². The summed E-state index contributed by atoms with van der Waals surface area (Å²) in [6, 6.07) is -1.35. The van der Waals surface area contributed by atoms with Crippen LogP contribution in [0, 0.1) is 17.8 Å². The van der Waals surface area contributed by atoms with Gasteiger partial charge in [-0.1, -0.05) is 41.0 Å². The van der Waals surface area contributed by atoms with Gasteiger partial charge in [0.2, 0.25) is 11.8 Å². The van der Waals surface area contributed by atoms with Crippen LogP contribution in [0.2, 0.25) is 0 Å². The number of hydrazine groups is 1. The fraction of sp³-hybridized carbons (Fsp3) is 0.810. The molecule has 1 saturated heterocycles. The molecule has 1 rings (SSSR count). The number of nitrogens with one attached hydrogen (secondary N) is 2. The molecule has 0 saturated carbocycles. The SMILES string of the molecule is CCC(=O)C(NC(=O)C1CCCNN1C(=O)C(CCC(C)C)CC(=O)O)C(C)C. The van der Waals surface area contributed by atoms with Gasteiger partial charge in [0.15, 0.2) is 5.78 Å². The molecule has 1 fully saturated rings. The summed E-state index contributed by atoms with van der Waals surface area (Å²) in [7, 11) is 0. The van der Waals surface area contributed by atoms with Crippen LogP contribution in [0.4, 0.5) is 0 Å². The quantitative estimate of drug-likeness (QED) is 0.480. The van der Waals surface area contributed by atoms with E-state index < -0.39 is 24.0 Å². The molecule has 1 aliphatic rings. The maximum absolute atomic E-state index is 13.1. The lowest BCUT2D eigenvalue weighted by molar-refractivity contribution is -0.153. The topological polar surface area (TPSA) is 116 Å². The van der Waals surface area contributed by atoms with E-state index in [2.05, 4.69) is 10.7 Å². The van der Waals surface area contributed by atoms with E-state index in [0.29, 0.717) is 38.1 Å². The van der Waals surface area contributed by atoms with Gasteiger partial charge < -0.3 is 10.4 Å². The third kappa shape index (κ3) is 7.76. The first-order valence-electron chi connectivity index (χ1n) is 10.7. The number of aliphatic carboxylic acids is 1. The Hall–Kier alpha value is -1.96. The van der Waals surface area contributed by atoms with Crippen molar-refractivity contribution in [3.8, 4) is 0 Å². The van der Waals surface area contributed by atoms with Crippen molar-refractivity contribution >= 4 is 23.6 Å². The number of hydrogen-bond donors (Lipinski definition) is 3. The molecule has 3 N–H and O–H groups in total. The van der Waals surface area contributed by atoms with Gasteiger partial charge in [-0.25, -0.2) is 5.43 Å². The zero-order chi connectivity index (χ0) is 22.1. The van der Waals surface area contributed by atoms with Crippen LogP contribution in [-0.2, 0) is 19.2 Å². The summed E-state index contributed by atoms with van der Waals surface area (Å²) in [5.74, 6) is -2.21. The Kier molecular flexibility index (Phi) is 10.3. The third-order valence-corrected chi connectivity index (χ3v) is 5.31. The number of carboxylic acids is 1. The van der Waals surface area contributed by atoms with Gasteiger partial charge in [-0.3, -0.25) is 24.2 Å². The van der Waals surface area contributed by atoms with Gasteiger partial charge in [0.25, 0.3) is 0 Å². The highest BCUT2D eigenvalue weighted by molar-refractivity contribution is 5.93. The minimum Gasteiger partial charge on any atom is -0.481 e. The van der Waals surface area contributed by atoms with Crippen molar-refractivity contribution in [2.75, 3.05) is 6.54 Å². The highest BCUT2D eigenvalue weighted by Crippen LogP contribution is 2.22. The molecule has 0 aromatic rings. The molecular formula is C21H37N3O5. The van der Waals surface area contributed by atoms with Gasteiger partial charge in [0, 0.05) is 18.9 Å². The molecule has 0 bridgehead atoms. The van der Waals surface area contributed by atoms with Crippen molar-refractivity contribution in [1.82, 2.24) is 15.8 Å². The van der Waals surface area contributed by atoms with E-state index >= 15 is 0 Å². The van der Waals surface area contributed by atoms with E-state index in [0.717, 1.165) is 6.42 Å². The van der Waals surface area contributed by atoms with Crippen molar-refractivity contribution in [3.63, 3.8) is 0 Å². The van der Waals surface area contributed by atoms with E-state index in [9.17, 15) is 24.3 Å². The van der Waals surface area contributed by atoms with E-state index in [4.69, 9.17) is 0 Å². The first-order chi connectivity index (χ1) is 13.6. The fourth-order valence-corrected chi connectivity index (χ4v) is 3.56. The normalized spacial score (nSPS) is 19.1. The number of hydrogen-bond acceptors (Lipinski definition) is 5. The van der Waals surface area contributed by atoms with Crippen LogP contribution in [0.15, 0.2) is 0 Å². The molecule has 1 heterocycles. The Morgan fingerprint density at radius 1 is 1.14 bits per heavy atom. The molecule has 8 heteroatoms. The monoisotopic (exact) mass is 411 g/mol. The van der Waals surface area contributed by atoms with Gasteiger partial charge in [-0.2, -0.15) is 0 Å². The maximum Gasteiger partial charge on any atom is 0.304 e. The molecule has 2 amide bonds. The van der Waals surface area contributed by atoms with Crippen LogP contribution in [0.5, 0.6) is 0 Å². The minimum absolute atomic E-state index is 0.0457. The lowest BCUT2D eigenvalue weighted by Gasteiger charge is -2.38. The largest absolute Gasteiger partial charge is 0.481 e. The molecule has 3 atom stereocenters. The molecule has 166 valence electrons. The molecule has 0 aromatic carbocycles. The van der Waals surface area contributed by atoms with Gasteiger partial charge in [0.1, 0.15) is 6.04 Å². The summed E-state index contributed by atoms with van der Waals surface area (Å²) >= 11 is 0. The van der Waals surface area contributed by atoms with E-state index in [-0.39, 0.29) is 29.9 Å². The van der Waals surface area contributed by atoms with Crippen LogP contribution >= 0.6 is 0 Å². The van der Waals surface area contributed by atoms with E-state index in [1.54, 1.807) is 6.92 Å². The zero-order valence-corrected chi connectivity index (χ0v) is 18.4. The standard InChI is InChI=1S/C21H37N3O5/c1-6-17(25)19(14(4)5)23-20(28)16-8-7-11-22-24(16)21(29)15(12-18(26)27)10-9-13(2)3/h13-16,19,22H,6-12H2,1-5H3,(H,23,28)(H,26,27). The molecule has 0 radical (unpaired) electrons. The van der Waals surface area contributed by atoms with Crippen LogP contribution in [0.25, 0.3) is 0 Å². The average Bonchev–Trinajstić information content (AvgIpc) is 2.67. The molecule has 29 heavy (non-hydrogen) atoms. The highest BCUT2D eigenvalue weighted by atomic mass is 16.4. The van der Waals surface area contributed by atoms with Crippen molar-refractivity contribution in [2.45, 2.75) is 85.2 Å². The molecule has 8 nitrogen and oxygen atoms in total. The van der Waals surface area contributed by atoms with E-state index in [1.807, 2.05) is 27.7 Å². The van der Waals surface area contributed by atoms with Crippen LogP contribution < -0.4 is 10.7 Å². The van der Waals surface area contributed by atoms with Crippen molar-refractivity contribution in [2.24, 2.45) is 17.8 Å². The van der Waals surface area contributed by atoms with Crippen LogP contribution in [0.3, 0.4) is 0 Å². The van der Waals surface area contributed by atoms with Crippen LogP contribution in [-0.4, -0.2) is 52.3 Å². The number of Topliss-reactive ketones (excluding diaryl/α,β-unsaturated/α-hetero) is 1. The molecular weight excluding hydrogens is 374 g/mol. The van der Waals surface area contributed by atoms with Gasteiger partial charge in [-0.15, -0.1) is 0 Å². The third-order valence-electron chi connectivity index (χ3n) is 5.31. The molecule has 3 unspecified atom stereocenters. The average molecular weight is 412 g/mol.